The van der Waals surface area contributed by atoms with Gasteiger partial charge < -0.3 is 4.74 Å². The first-order chi connectivity index (χ1) is 7.20. The van der Waals surface area contributed by atoms with Crippen LogP contribution in [0.5, 0.6) is 0 Å². The predicted molar refractivity (Wildman–Crippen MR) is 60.9 cm³/mol. The minimum Gasteiger partial charge on any atom is -0.446 e. The first kappa shape index (κ1) is 14.4. The van der Waals surface area contributed by atoms with Crippen molar-refractivity contribution in [2.75, 3.05) is 0 Å². The van der Waals surface area contributed by atoms with E-state index in [2.05, 4.69) is 12.3 Å². The zero-order valence-electron chi connectivity index (χ0n) is 9.92. The molecule has 0 aromatic carbocycles. The van der Waals surface area contributed by atoms with Gasteiger partial charge in [-0.25, -0.2) is 5.43 Å². The molecule has 0 radical (unpaired) electrons. The van der Waals surface area contributed by atoms with Gasteiger partial charge in [-0.2, -0.15) is 0 Å². The van der Waals surface area contributed by atoms with Crippen molar-refractivity contribution < 1.29 is 9.53 Å². The number of rotatable bonds is 9. The molecule has 0 aromatic heterocycles. The number of nitrogens with one attached hydrogen (secondary N) is 1. The Morgan fingerprint density at radius 3 is 2.47 bits per heavy atom. The van der Waals surface area contributed by atoms with Crippen LogP contribution in [0.1, 0.15) is 58.8 Å². The molecule has 0 bridgehead atoms. The van der Waals surface area contributed by atoms with Crippen molar-refractivity contribution in [3.05, 3.63) is 0 Å². The van der Waals surface area contributed by atoms with Gasteiger partial charge in [-0.3, -0.25) is 10.6 Å². The summed E-state index contributed by atoms with van der Waals surface area (Å²) in [7, 11) is 0. The summed E-state index contributed by atoms with van der Waals surface area (Å²) in [4.78, 5) is 11.2. The number of ether oxygens (including phenoxy) is 1. The van der Waals surface area contributed by atoms with Crippen LogP contribution in [0, 0.1) is 0 Å². The Balaban J connectivity index is 3.24. The Hall–Kier alpha value is -0.610. The summed E-state index contributed by atoms with van der Waals surface area (Å²) >= 11 is 0. The van der Waals surface area contributed by atoms with E-state index in [4.69, 9.17) is 10.6 Å². The maximum absolute atomic E-state index is 11.2. The van der Waals surface area contributed by atoms with Crippen molar-refractivity contribution >= 4 is 5.97 Å². The number of hydrogen-bond acceptors (Lipinski definition) is 4. The Labute approximate surface area is 92.5 Å². The summed E-state index contributed by atoms with van der Waals surface area (Å²) in [5.74, 6) is 4.93. The standard InChI is InChI=1S/C11H24N2O2/c1-3-4-5-6-7-8-9-11(14)15-10(2)13-12/h10,13H,3-9,12H2,1-2H3. The minimum atomic E-state index is -0.391. The second-order valence-corrected chi connectivity index (χ2v) is 3.82. The van der Waals surface area contributed by atoms with E-state index in [1.54, 1.807) is 6.92 Å². The molecule has 0 saturated carbocycles. The zero-order chi connectivity index (χ0) is 11.5. The van der Waals surface area contributed by atoms with Gasteiger partial charge in [-0.1, -0.05) is 39.0 Å². The topological polar surface area (TPSA) is 64.3 Å². The summed E-state index contributed by atoms with van der Waals surface area (Å²) in [6.45, 7) is 3.90. The van der Waals surface area contributed by atoms with Crippen molar-refractivity contribution in [2.45, 2.75) is 65.0 Å². The maximum atomic E-state index is 11.2. The molecular formula is C11H24N2O2. The second kappa shape index (κ2) is 9.93. The Kier molecular flexibility index (Phi) is 9.52. The van der Waals surface area contributed by atoms with Crippen molar-refractivity contribution in [3.8, 4) is 0 Å². The van der Waals surface area contributed by atoms with Crippen molar-refractivity contribution in [2.24, 2.45) is 5.84 Å². The first-order valence-corrected chi connectivity index (χ1v) is 5.86. The predicted octanol–water partition coefficient (Wildman–Crippen LogP) is 2.09. The van der Waals surface area contributed by atoms with E-state index in [1.165, 1.54) is 25.7 Å². The number of nitrogens with two attached hydrogens (primary N) is 1. The van der Waals surface area contributed by atoms with E-state index in [0.717, 1.165) is 12.8 Å². The summed E-state index contributed by atoms with van der Waals surface area (Å²) in [6.07, 6.45) is 7.16. The van der Waals surface area contributed by atoms with Gasteiger partial charge in [0.15, 0.2) is 6.23 Å². The van der Waals surface area contributed by atoms with Crippen molar-refractivity contribution in [1.82, 2.24) is 5.43 Å². The number of carbonyl (C=O) groups excluding carboxylic acids is 1. The first-order valence-electron chi connectivity index (χ1n) is 5.86. The molecule has 0 aliphatic rings. The van der Waals surface area contributed by atoms with Crippen LogP contribution in [0.4, 0.5) is 0 Å². The molecule has 0 saturated heterocycles. The fourth-order valence-corrected chi connectivity index (χ4v) is 1.34. The van der Waals surface area contributed by atoms with Gasteiger partial charge in [-0.15, -0.1) is 0 Å². The minimum absolute atomic E-state index is 0.170. The lowest BCUT2D eigenvalue weighted by molar-refractivity contribution is -0.149. The average Bonchev–Trinajstić information content (AvgIpc) is 2.23. The van der Waals surface area contributed by atoms with Crippen molar-refractivity contribution in [1.29, 1.82) is 0 Å². The number of hydrazine groups is 1. The van der Waals surface area contributed by atoms with E-state index < -0.39 is 6.23 Å². The molecule has 15 heavy (non-hydrogen) atoms. The maximum Gasteiger partial charge on any atom is 0.307 e. The van der Waals surface area contributed by atoms with E-state index in [9.17, 15) is 4.79 Å². The lowest BCUT2D eigenvalue weighted by Gasteiger charge is -2.11. The van der Waals surface area contributed by atoms with E-state index >= 15 is 0 Å². The van der Waals surface area contributed by atoms with E-state index in [-0.39, 0.29) is 5.97 Å². The molecule has 0 rings (SSSR count). The molecule has 0 amide bonds. The Morgan fingerprint density at radius 2 is 1.87 bits per heavy atom. The monoisotopic (exact) mass is 216 g/mol. The summed E-state index contributed by atoms with van der Waals surface area (Å²) in [5, 5.41) is 0. The highest BCUT2D eigenvalue weighted by molar-refractivity contribution is 5.69. The van der Waals surface area contributed by atoms with Crippen LogP contribution in [0.25, 0.3) is 0 Å². The number of carbonyl (C=O) groups is 1. The number of esters is 1. The molecule has 4 nitrogen and oxygen atoms in total. The third kappa shape index (κ3) is 9.69. The van der Waals surface area contributed by atoms with Crippen LogP contribution in [-0.2, 0) is 9.53 Å². The fourth-order valence-electron chi connectivity index (χ4n) is 1.34. The second-order valence-electron chi connectivity index (χ2n) is 3.82. The van der Waals surface area contributed by atoms with Gasteiger partial charge in [0.25, 0.3) is 0 Å². The molecule has 1 atom stereocenters. The van der Waals surface area contributed by atoms with E-state index in [1.807, 2.05) is 0 Å². The van der Waals surface area contributed by atoms with Gasteiger partial charge in [0, 0.05) is 6.42 Å². The Morgan fingerprint density at radius 1 is 1.27 bits per heavy atom. The highest BCUT2D eigenvalue weighted by Gasteiger charge is 2.06. The molecule has 4 heteroatoms. The van der Waals surface area contributed by atoms with Gasteiger partial charge in [-0.05, 0) is 13.3 Å². The number of unbranched alkanes of at least 4 members (excludes halogenated alkanes) is 5. The van der Waals surface area contributed by atoms with Gasteiger partial charge >= 0.3 is 5.97 Å². The smallest absolute Gasteiger partial charge is 0.307 e. The molecule has 0 aromatic rings. The fraction of sp³-hybridized carbons (Fsp3) is 0.909. The van der Waals surface area contributed by atoms with Gasteiger partial charge in [0.05, 0.1) is 0 Å². The summed E-state index contributed by atoms with van der Waals surface area (Å²) in [6, 6.07) is 0. The van der Waals surface area contributed by atoms with Gasteiger partial charge in [0.2, 0.25) is 0 Å². The molecule has 0 fully saturated rings. The molecule has 0 aliphatic carbocycles. The highest BCUT2D eigenvalue weighted by atomic mass is 16.6. The summed E-state index contributed by atoms with van der Waals surface area (Å²) < 4.78 is 4.95. The lowest BCUT2D eigenvalue weighted by atomic mass is 10.1. The van der Waals surface area contributed by atoms with E-state index in [0.29, 0.717) is 6.42 Å². The molecule has 90 valence electrons. The third-order valence-electron chi connectivity index (χ3n) is 2.28. The average molecular weight is 216 g/mol. The highest BCUT2D eigenvalue weighted by Crippen LogP contribution is 2.07. The molecule has 3 N–H and O–H groups in total. The van der Waals surface area contributed by atoms with Crippen LogP contribution >= 0.6 is 0 Å². The molecule has 0 aliphatic heterocycles. The SMILES string of the molecule is CCCCCCCCC(=O)OC(C)NN. The molecule has 1 unspecified atom stereocenters. The normalized spacial score (nSPS) is 12.5. The van der Waals surface area contributed by atoms with Crippen molar-refractivity contribution in [3.63, 3.8) is 0 Å². The molecule has 0 heterocycles. The quantitative estimate of drug-likeness (QED) is 0.204. The third-order valence-corrected chi connectivity index (χ3v) is 2.28. The number of hydrogen-bond donors (Lipinski definition) is 2. The zero-order valence-corrected chi connectivity index (χ0v) is 9.92. The van der Waals surface area contributed by atoms with Gasteiger partial charge in [0.1, 0.15) is 0 Å². The summed E-state index contributed by atoms with van der Waals surface area (Å²) in [5.41, 5.74) is 2.37. The van der Waals surface area contributed by atoms with Crippen LogP contribution in [0.15, 0.2) is 0 Å². The molecular weight excluding hydrogens is 192 g/mol. The largest absolute Gasteiger partial charge is 0.446 e. The van der Waals surface area contributed by atoms with Crippen LogP contribution in [0.3, 0.4) is 0 Å². The van der Waals surface area contributed by atoms with Crippen LogP contribution in [0.2, 0.25) is 0 Å². The molecule has 0 spiro atoms. The Bertz CT molecular complexity index is 163. The lowest BCUT2D eigenvalue weighted by Crippen LogP contribution is -2.36. The van der Waals surface area contributed by atoms with Crippen LogP contribution in [-0.4, -0.2) is 12.2 Å². The van der Waals surface area contributed by atoms with Crippen LogP contribution < -0.4 is 11.3 Å².